The van der Waals surface area contributed by atoms with Gasteiger partial charge in [-0.15, -0.1) is 0 Å². The van der Waals surface area contributed by atoms with Crippen LogP contribution in [0.3, 0.4) is 0 Å². The molecule has 1 rings (SSSR count). The number of hydrogen-bond donors (Lipinski definition) is 0. The molecule has 0 unspecified atom stereocenters. The second-order valence-corrected chi connectivity index (χ2v) is 6.26. The lowest BCUT2D eigenvalue weighted by molar-refractivity contribution is -0.169. The Kier molecular flexibility index (Phi) is 11.1. The Balaban J connectivity index is 3.70. The molecular formula is C22H30O9. The van der Waals surface area contributed by atoms with Gasteiger partial charge < -0.3 is 23.7 Å². The smallest absolute Gasteiger partial charge is 0.320 e. The van der Waals surface area contributed by atoms with Crippen molar-refractivity contribution in [1.82, 2.24) is 0 Å². The second kappa shape index (κ2) is 13.3. The van der Waals surface area contributed by atoms with E-state index in [0.717, 1.165) is 0 Å². The number of methoxy groups -OCH3 is 1. The van der Waals surface area contributed by atoms with Crippen molar-refractivity contribution in [3.63, 3.8) is 0 Å². The summed E-state index contributed by atoms with van der Waals surface area (Å²) in [6.45, 7) is 6.29. The van der Waals surface area contributed by atoms with Crippen LogP contribution in [0.25, 0.3) is 0 Å². The van der Waals surface area contributed by atoms with E-state index in [9.17, 15) is 19.2 Å². The van der Waals surface area contributed by atoms with Crippen LogP contribution in [0.1, 0.15) is 39.2 Å². The largest absolute Gasteiger partial charge is 0.497 e. The Morgan fingerprint density at radius 1 is 0.645 bits per heavy atom. The number of rotatable bonds is 12. The molecule has 0 fully saturated rings. The molecule has 31 heavy (non-hydrogen) atoms. The Bertz CT molecular complexity index is 666. The van der Waals surface area contributed by atoms with Crippen LogP contribution in [0.4, 0.5) is 0 Å². The molecule has 0 atom stereocenters. The van der Waals surface area contributed by atoms with Crippen LogP contribution in [0.15, 0.2) is 24.3 Å². The van der Waals surface area contributed by atoms with Crippen LogP contribution >= 0.6 is 0 Å². The molecule has 0 saturated carbocycles. The van der Waals surface area contributed by atoms with Gasteiger partial charge in [-0.1, -0.05) is 12.1 Å². The molecule has 0 aliphatic rings. The fourth-order valence-electron chi connectivity index (χ4n) is 3.11. The van der Waals surface area contributed by atoms with E-state index in [2.05, 4.69) is 0 Å². The molecule has 9 nitrogen and oxygen atoms in total. The van der Waals surface area contributed by atoms with Gasteiger partial charge in [-0.2, -0.15) is 0 Å². The monoisotopic (exact) mass is 438 g/mol. The van der Waals surface area contributed by atoms with E-state index in [1.165, 1.54) is 7.11 Å². The highest BCUT2D eigenvalue weighted by Crippen LogP contribution is 2.37. The van der Waals surface area contributed by atoms with Crippen molar-refractivity contribution in [3.8, 4) is 5.75 Å². The van der Waals surface area contributed by atoms with Gasteiger partial charge in [0.2, 0.25) is 0 Å². The fraction of sp³-hybridized carbons (Fsp3) is 0.545. The molecule has 0 bridgehead atoms. The number of ether oxygens (including phenoxy) is 5. The Morgan fingerprint density at radius 3 is 1.23 bits per heavy atom. The van der Waals surface area contributed by atoms with Gasteiger partial charge in [0.05, 0.1) is 33.5 Å². The maximum atomic E-state index is 12.8. The first kappa shape index (κ1) is 25.9. The zero-order valence-corrected chi connectivity index (χ0v) is 18.5. The first-order valence-electron chi connectivity index (χ1n) is 10.2. The summed E-state index contributed by atoms with van der Waals surface area (Å²) in [5.74, 6) is -7.61. The van der Waals surface area contributed by atoms with E-state index in [1.54, 1.807) is 52.0 Å². The Hall–Kier alpha value is -3.10. The van der Waals surface area contributed by atoms with Crippen molar-refractivity contribution < 1.29 is 42.9 Å². The van der Waals surface area contributed by atoms with Crippen molar-refractivity contribution in [2.75, 3.05) is 33.5 Å². The van der Waals surface area contributed by atoms with Crippen molar-refractivity contribution in [2.45, 2.75) is 33.6 Å². The van der Waals surface area contributed by atoms with Gasteiger partial charge in [0.1, 0.15) is 5.75 Å². The van der Waals surface area contributed by atoms with Gasteiger partial charge in [-0.3, -0.25) is 19.2 Å². The fourth-order valence-corrected chi connectivity index (χ4v) is 3.11. The third-order valence-corrected chi connectivity index (χ3v) is 4.38. The number of carbonyl (C=O) groups is 4. The minimum atomic E-state index is -1.59. The average molecular weight is 438 g/mol. The van der Waals surface area contributed by atoms with Crippen LogP contribution in [-0.2, 0) is 38.1 Å². The van der Waals surface area contributed by atoms with E-state index in [0.29, 0.717) is 11.3 Å². The van der Waals surface area contributed by atoms with Crippen molar-refractivity contribution >= 4 is 23.9 Å². The molecule has 0 amide bonds. The summed E-state index contributed by atoms with van der Waals surface area (Å²) in [6, 6.07) is 6.28. The minimum Gasteiger partial charge on any atom is -0.497 e. The normalized spacial score (nSPS) is 10.7. The third kappa shape index (κ3) is 6.97. The Labute approximate surface area is 181 Å². The zero-order valence-electron chi connectivity index (χ0n) is 18.5. The van der Waals surface area contributed by atoms with Crippen molar-refractivity contribution in [1.29, 1.82) is 0 Å². The lowest BCUT2D eigenvalue weighted by Gasteiger charge is -2.29. The first-order chi connectivity index (χ1) is 14.9. The topological polar surface area (TPSA) is 114 Å². The van der Waals surface area contributed by atoms with Crippen molar-refractivity contribution in [3.05, 3.63) is 29.8 Å². The van der Waals surface area contributed by atoms with Crippen LogP contribution in [0, 0.1) is 11.8 Å². The van der Waals surface area contributed by atoms with Gasteiger partial charge in [-0.05, 0) is 45.4 Å². The first-order valence-corrected chi connectivity index (χ1v) is 10.2. The van der Waals surface area contributed by atoms with E-state index >= 15 is 0 Å². The lowest BCUT2D eigenvalue weighted by Crippen LogP contribution is -2.43. The highest BCUT2D eigenvalue weighted by molar-refractivity contribution is 6.01. The molecule has 0 aliphatic carbocycles. The average Bonchev–Trinajstić information content (AvgIpc) is 2.74. The van der Waals surface area contributed by atoms with E-state index in [1.807, 2.05) is 0 Å². The number of esters is 4. The molecule has 1 aromatic rings. The maximum Gasteiger partial charge on any atom is 0.320 e. The number of benzene rings is 1. The van der Waals surface area contributed by atoms with Gasteiger partial charge >= 0.3 is 23.9 Å². The van der Waals surface area contributed by atoms with Crippen LogP contribution in [0.5, 0.6) is 5.75 Å². The lowest BCUT2D eigenvalue weighted by atomic mass is 9.76. The molecule has 0 spiro atoms. The zero-order chi connectivity index (χ0) is 23.4. The molecular weight excluding hydrogens is 408 g/mol. The molecule has 0 aliphatic heterocycles. The van der Waals surface area contributed by atoms with Crippen molar-refractivity contribution in [2.24, 2.45) is 11.8 Å². The molecule has 0 N–H and O–H groups in total. The summed E-state index contributed by atoms with van der Waals surface area (Å²) in [4.78, 5) is 51.2. The van der Waals surface area contributed by atoms with Gasteiger partial charge in [0.25, 0.3) is 0 Å². The quantitative estimate of drug-likeness (QED) is 0.275. The highest BCUT2D eigenvalue weighted by Gasteiger charge is 2.49. The molecule has 0 aromatic heterocycles. The minimum absolute atomic E-state index is 0.00640. The second-order valence-electron chi connectivity index (χ2n) is 6.26. The molecule has 9 heteroatoms. The van der Waals surface area contributed by atoms with Crippen LogP contribution < -0.4 is 4.74 Å². The summed E-state index contributed by atoms with van der Waals surface area (Å²) in [5, 5.41) is 0. The van der Waals surface area contributed by atoms with E-state index in [4.69, 9.17) is 23.7 Å². The Morgan fingerprint density at radius 2 is 0.968 bits per heavy atom. The molecule has 0 saturated heterocycles. The van der Waals surface area contributed by atoms with Gasteiger partial charge in [-0.25, -0.2) is 0 Å². The number of hydrogen-bond acceptors (Lipinski definition) is 9. The maximum absolute atomic E-state index is 12.8. The summed E-state index contributed by atoms with van der Waals surface area (Å²) in [5.41, 5.74) is 0.345. The summed E-state index contributed by atoms with van der Waals surface area (Å²) in [7, 11) is 1.48. The molecule has 0 heterocycles. The molecule has 172 valence electrons. The standard InChI is InChI=1S/C22H30O9/c1-6-28-19(23)17(20(24)29-7-2)16(14-10-12-15(27-5)13-11-14)18(21(25)30-8-3)22(26)31-9-4/h10-13,16-18H,6-9H2,1-5H3. The summed E-state index contributed by atoms with van der Waals surface area (Å²) >= 11 is 0. The third-order valence-electron chi connectivity index (χ3n) is 4.38. The SMILES string of the molecule is CCOC(=O)C(C(=O)OCC)C(c1ccc(OC)cc1)C(C(=O)OCC)C(=O)OCC. The van der Waals surface area contributed by atoms with Crippen LogP contribution in [-0.4, -0.2) is 57.4 Å². The van der Waals surface area contributed by atoms with Gasteiger partial charge in [0, 0.05) is 5.92 Å². The number of carbonyl (C=O) groups excluding carboxylic acids is 4. The summed E-state index contributed by atoms with van der Waals surface area (Å²) < 4.78 is 25.5. The van der Waals surface area contributed by atoms with E-state index < -0.39 is 41.6 Å². The van der Waals surface area contributed by atoms with E-state index in [-0.39, 0.29) is 26.4 Å². The highest BCUT2D eigenvalue weighted by atomic mass is 16.6. The molecule has 0 radical (unpaired) electrons. The van der Waals surface area contributed by atoms with Crippen LogP contribution in [0.2, 0.25) is 0 Å². The molecule has 1 aromatic carbocycles. The van der Waals surface area contributed by atoms with Gasteiger partial charge in [0.15, 0.2) is 11.8 Å². The summed E-state index contributed by atoms with van der Waals surface area (Å²) in [6.07, 6.45) is 0. The predicted molar refractivity (Wildman–Crippen MR) is 109 cm³/mol. The predicted octanol–water partition coefficient (Wildman–Crippen LogP) is 2.26.